The van der Waals surface area contributed by atoms with E-state index in [9.17, 15) is 14.7 Å². The molecule has 0 spiro atoms. The SMILES string of the molecule is CC[C@@H](CC[C@@H]1[C@H]2Cc3cccc(OCC(=O)O)c3C[C@H]2C[C@H]1O)OC(C)=O. The van der Waals surface area contributed by atoms with Crippen LogP contribution in [0.25, 0.3) is 0 Å². The second kappa shape index (κ2) is 8.95. The van der Waals surface area contributed by atoms with Crippen molar-refractivity contribution < 1.29 is 29.3 Å². The first-order valence-corrected chi connectivity index (χ1v) is 10.2. The number of hydrogen-bond donors (Lipinski definition) is 2. The van der Waals surface area contributed by atoms with Gasteiger partial charge >= 0.3 is 11.9 Å². The summed E-state index contributed by atoms with van der Waals surface area (Å²) in [7, 11) is 0. The normalized spacial score (nSPS) is 26.8. The molecule has 6 heteroatoms. The van der Waals surface area contributed by atoms with Crippen LogP contribution in [-0.4, -0.2) is 41.0 Å². The Kier molecular flexibility index (Phi) is 6.60. The van der Waals surface area contributed by atoms with Crippen LogP contribution in [0.5, 0.6) is 5.75 Å². The average molecular weight is 390 g/mol. The van der Waals surface area contributed by atoms with Crippen molar-refractivity contribution in [2.75, 3.05) is 6.61 Å². The molecule has 5 atom stereocenters. The van der Waals surface area contributed by atoms with E-state index in [1.54, 1.807) is 0 Å². The summed E-state index contributed by atoms with van der Waals surface area (Å²) >= 11 is 0. The van der Waals surface area contributed by atoms with Crippen molar-refractivity contribution in [2.24, 2.45) is 17.8 Å². The number of hydrogen-bond acceptors (Lipinski definition) is 5. The van der Waals surface area contributed by atoms with Crippen LogP contribution < -0.4 is 4.74 Å². The van der Waals surface area contributed by atoms with Gasteiger partial charge in [0.15, 0.2) is 6.61 Å². The van der Waals surface area contributed by atoms with Crippen molar-refractivity contribution >= 4 is 11.9 Å². The fourth-order valence-corrected chi connectivity index (χ4v) is 5.04. The van der Waals surface area contributed by atoms with Crippen molar-refractivity contribution in [3.63, 3.8) is 0 Å². The third-order valence-electron chi connectivity index (χ3n) is 6.31. The minimum atomic E-state index is -0.985. The largest absolute Gasteiger partial charge is 0.482 e. The third-order valence-corrected chi connectivity index (χ3v) is 6.31. The zero-order chi connectivity index (χ0) is 20.3. The van der Waals surface area contributed by atoms with Crippen LogP contribution in [-0.2, 0) is 27.2 Å². The first-order chi connectivity index (χ1) is 13.4. The predicted molar refractivity (Wildman–Crippen MR) is 103 cm³/mol. The fraction of sp³-hybridized carbons (Fsp3) is 0.636. The maximum atomic E-state index is 11.2. The van der Waals surface area contributed by atoms with Gasteiger partial charge in [0.1, 0.15) is 11.9 Å². The van der Waals surface area contributed by atoms with Gasteiger partial charge in [-0.3, -0.25) is 4.79 Å². The Morgan fingerprint density at radius 2 is 2.07 bits per heavy atom. The summed E-state index contributed by atoms with van der Waals surface area (Å²) in [6.45, 7) is 3.10. The highest BCUT2D eigenvalue weighted by Gasteiger charge is 2.45. The highest BCUT2D eigenvalue weighted by atomic mass is 16.5. The number of aliphatic hydroxyl groups excluding tert-OH is 1. The van der Waals surface area contributed by atoms with Gasteiger partial charge in [-0.25, -0.2) is 4.79 Å². The highest BCUT2D eigenvalue weighted by Crippen LogP contribution is 2.48. The molecule has 0 unspecified atom stereocenters. The molecule has 2 aliphatic rings. The Bertz CT molecular complexity index is 715. The van der Waals surface area contributed by atoms with E-state index in [2.05, 4.69) is 6.07 Å². The topological polar surface area (TPSA) is 93.1 Å². The number of carboxylic acid groups (broad SMARTS) is 1. The molecule has 3 rings (SSSR count). The molecule has 6 nitrogen and oxygen atoms in total. The summed E-state index contributed by atoms with van der Waals surface area (Å²) in [4.78, 5) is 22.1. The van der Waals surface area contributed by atoms with E-state index in [1.165, 1.54) is 12.5 Å². The van der Waals surface area contributed by atoms with Crippen LogP contribution in [0.15, 0.2) is 18.2 Å². The maximum absolute atomic E-state index is 11.2. The molecule has 1 aromatic carbocycles. The number of aliphatic hydroxyl groups is 1. The molecular formula is C22H30O6. The Balaban J connectivity index is 1.69. The second-order valence-corrected chi connectivity index (χ2v) is 8.09. The monoisotopic (exact) mass is 390 g/mol. The fourth-order valence-electron chi connectivity index (χ4n) is 5.04. The first-order valence-electron chi connectivity index (χ1n) is 10.2. The number of ether oxygens (including phenoxy) is 2. The van der Waals surface area contributed by atoms with Crippen molar-refractivity contribution in [3.8, 4) is 5.75 Å². The number of carbonyl (C=O) groups excluding carboxylic acids is 1. The van der Waals surface area contributed by atoms with Gasteiger partial charge in [-0.1, -0.05) is 19.1 Å². The molecule has 1 saturated carbocycles. The van der Waals surface area contributed by atoms with Crippen molar-refractivity contribution in [3.05, 3.63) is 29.3 Å². The number of fused-ring (bicyclic) bond motifs is 2. The van der Waals surface area contributed by atoms with Gasteiger partial charge in [0, 0.05) is 6.92 Å². The minimum Gasteiger partial charge on any atom is -0.482 e. The molecule has 0 amide bonds. The van der Waals surface area contributed by atoms with Crippen molar-refractivity contribution in [1.29, 1.82) is 0 Å². The number of rotatable bonds is 8. The molecule has 0 aromatic heterocycles. The Labute approximate surface area is 165 Å². The summed E-state index contributed by atoms with van der Waals surface area (Å²) in [5.74, 6) is 0.379. The van der Waals surface area contributed by atoms with Crippen LogP contribution in [0.3, 0.4) is 0 Å². The molecule has 2 N–H and O–H groups in total. The van der Waals surface area contributed by atoms with Gasteiger partial charge in [-0.05, 0) is 73.5 Å². The number of carbonyl (C=O) groups is 2. The lowest BCUT2D eigenvalue weighted by Crippen LogP contribution is -2.28. The number of aliphatic carboxylic acids is 1. The Morgan fingerprint density at radius 3 is 2.75 bits per heavy atom. The molecule has 28 heavy (non-hydrogen) atoms. The summed E-state index contributed by atoms with van der Waals surface area (Å²) in [5.41, 5.74) is 2.28. The second-order valence-electron chi connectivity index (χ2n) is 8.09. The summed E-state index contributed by atoms with van der Waals surface area (Å²) < 4.78 is 10.9. The molecule has 154 valence electrons. The quantitative estimate of drug-likeness (QED) is 0.663. The molecule has 1 aromatic rings. The zero-order valence-electron chi connectivity index (χ0n) is 16.6. The summed E-state index contributed by atoms with van der Waals surface area (Å²) in [5, 5.41) is 19.6. The van der Waals surface area contributed by atoms with E-state index in [-0.39, 0.29) is 30.7 Å². The van der Waals surface area contributed by atoms with E-state index in [4.69, 9.17) is 14.6 Å². The van der Waals surface area contributed by atoms with Crippen LogP contribution in [0.2, 0.25) is 0 Å². The molecule has 0 saturated heterocycles. The number of esters is 1. The van der Waals surface area contributed by atoms with Gasteiger partial charge in [-0.2, -0.15) is 0 Å². The molecular weight excluding hydrogens is 360 g/mol. The van der Waals surface area contributed by atoms with Gasteiger partial charge in [0.2, 0.25) is 0 Å². The maximum Gasteiger partial charge on any atom is 0.341 e. The standard InChI is InChI=1S/C22H30O6/c1-3-16(28-13(2)23)7-8-17-18-9-14-5-4-6-21(27-12-22(25)26)19(14)10-15(18)11-20(17)24/h4-6,15-18,20,24H,3,7-12H2,1-2H3,(H,25,26)/t15-,16-,17+,18-,20+/m0/s1. The van der Waals surface area contributed by atoms with Gasteiger partial charge < -0.3 is 19.7 Å². The van der Waals surface area contributed by atoms with E-state index in [0.717, 1.165) is 44.1 Å². The van der Waals surface area contributed by atoms with Crippen LogP contribution in [0.4, 0.5) is 0 Å². The van der Waals surface area contributed by atoms with Gasteiger partial charge in [0.25, 0.3) is 0 Å². The molecule has 0 heterocycles. The average Bonchev–Trinajstić information content (AvgIpc) is 2.95. The lowest BCUT2D eigenvalue weighted by Gasteiger charge is -2.32. The molecule has 0 aliphatic heterocycles. The predicted octanol–water partition coefficient (Wildman–Crippen LogP) is 2.98. The smallest absolute Gasteiger partial charge is 0.341 e. The van der Waals surface area contributed by atoms with E-state index < -0.39 is 5.97 Å². The van der Waals surface area contributed by atoms with Crippen molar-refractivity contribution in [1.82, 2.24) is 0 Å². The van der Waals surface area contributed by atoms with Gasteiger partial charge in [-0.15, -0.1) is 0 Å². The number of carboxylic acids is 1. The van der Waals surface area contributed by atoms with Crippen LogP contribution >= 0.6 is 0 Å². The first kappa shape index (κ1) is 20.6. The molecule has 2 aliphatic carbocycles. The third kappa shape index (κ3) is 4.66. The van der Waals surface area contributed by atoms with E-state index in [1.807, 2.05) is 19.1 Å². The highest BCUT2D eigenvalue weighted by molar-refractivity contribution is 5.68. The van der Waals surface area contributed by atoms with E-state index in [0.29, 0.717) is 17.6 Å². The summed E-state index contributed by atoms with van der Waals surface area (Å²) in [6, 6.07) is 5.81. The Morgan fingerprint density at radius 1 is 1.29 bits per heavy atom. The zero-order valence-corrected chi connectivity index (χ0v) is 16.6. The lowest BCUT2D eigenvalue weighted by molar-refractivity contribution is -0.147. The van der Waals surface area contributed by atoms with Gasteiger partial charge in [0.05, 0.1) is 6.10 Å². The van der Waals surface area contributed by atoms with E-state index >= 15 is 0 Å². The summed E-state index contributed by atoms with van der Waals surface area (Å²) in [6.07, 6.45) is 4.41. The lowest BCUT2D eigenvalue weighted by atomic mass is 9.73. The van der Waals surface area contributed by atoms with Crippen LogP contribution in [0.1, 0.15) is 50.7 Å². The van der Waals surface area contributed by atoms with Crippen molar-refractivity contribution in [2.45, 2.75) is 64.6 Å². The number of benzene rings is 1. The Hall–Kier alpha value is -2.08. The molecule has 0 radical (unpaired) electrons. The molecule has 0 bridgehead atoms. The molecule has 1 fully saturated rings. The van der Waals surface area contributed by atoms with Crippen LogP contribution in [0, 0.1) is 17.8 Å². The minimum absolute atomic E-state index is 0.0874.